The van der Waals surface area contributed by atoms with Crippen molar-refractivity contribution >= 4 is 0 Å². The Balaban J connectivity index is 1.50. The summed E-state index contributed by atoms with van der Waals surface area (Å²) >= 11 is 0. The molecule has 17 heavy (non-hydrogen) atoms. The van der Waals surface area contributed by atoms with E-state index in [1.165, 1.54) is 51.9 Å². The summed E-state index contributed by atoms with van der Waals surface area (Å²) in [5, 5.41) is 3.87. The second-order valence-corrected chi connectivity index (χ2v) is 6.55. The third-order valence-electron chi connectivity index (χ3n) is 5.15. The van der Waals surface area contributed by atoms with Crippen molar-refractivity contribution in [2.75, 3.05) is 39.4 Å². The van der Waals surface area contributed by atoms with Gasteiger partial charge in [-0.1, -0.05) is 6.92 Å². The van der Waals surface area contributed by atoms with Gasteiger partial charge in [-0.15, -0.1) is 0 Å². The normalized spacial score (nSPS) is 40.4. The van der Waals surface area contributed by atoms with Crippen LogP contribution in [0, 0.1) is 11.3 Å². The first-order valence-corrected chi connectivity index (χ1v) is 7.29. The summed E-state index contributed by atoms with van der Waals surface area (Å²) in [6, 6.07) is 0.761. The monoisotopic (exact) mass is 238 g/mol. The number of fused-ring (bicyclic) bond motifs is 3. The van der Waals surface area contributed by atoms with Crippen molar-refractivity contribution in [1.82, 2.24) is 10.2 Å². The molecule has 0 saturated carbocycles. The lowest BCUT2D eigenvalue weighted by Gasteiger charge is -2.46. The highest BCUT2D eigenvalue weighted by atomic mass is 16.5. The van der Waals surface area contributed by atoms with Crippen molar-refractivity contribution in [3.05, 3.63) is 0 Å². The molecule has 4 aliphatic heterocycles. The molecule has 4 heterocycles. The van der Waals surface area contributed by atoms with Gasteiger partial charge in [0.25, 0.3) is 0 Å². The molecule has 0 radical (unpaired) electrons. The average Bonchev–Trinajstić information content (AvgIpc) is 2.39. The SMILES string of the molecule is CC1(CNC2CN3CCC2CC3)CCOCC1. The van der Waals surface area contributed by atoms with Crippen molar-refractivity contribution in [1.29, 1.82) is 0 Å². The molecule has 0 aromatic carbocycles. The Morgan fingerprint density at radius 2 is 1.94 bits per heavy atom. The summed E-state index contributed by atoms with van der Waals surface area (Å²) in [5.74, 6) is 0.948. The van der Waals surface area contributed by atoms with Crippen LogP contribution < -0.4 is 5.32 Å². The lowest BCUT2D eigenvalue weighted by atomic mass is 9.80. The van der Waals surface area contributed by atoms with Crippen LogP contribution >= 0.6 is 0 Å². The molecule has 0 aromatic rings. The van der Waals surface area contributed by atoms with Gasteiger partial charge in [-0.25, -0.2) is 0 Å². The van der Waals surface area contributed by atoms with Crippen LogP contribution in [0.3, 0.4) is 0 Å². The Morgan fingerprint density at radius 3 is 2.53 bits per heavy atom. The number of piperidine rings is 3. The molecule has 0 aromatic heterocycles. The van der Waals surface area contributed by atoms with E-state index < -0.39 is 0 Å². The van der Waals surface area contributed by atoms with Gasteiger partial charge in [0.15, 0.2) is 0 Å². The fourth-order valence-corrected chi connectivity index (χ4v) is 3.61. The summed E-state index contributed by atoms with van der Waals surface area (Å²) in [4.78, 5) is 2.63. The van der Waals surface area contributed by atoms with Gasteiger partial charge in [-0.2, -0.15) is 0 Å². The molecule has 1 atom stereocenters. The predicted octanol–water partition coefficient (Wildman–Crippen LogP) is 1.49. The third-order valence-corrected chi connectivity index (χ3v) is 5.15. The van der Waals surface area contributed by atoms with Crippen LogP contribution in [0.1, 0.15) is 32.6 Å². The number of nitrogens with one attached hydrogen (secondary N) is 1. The van der Waals surface area contributed by atoms with E-state index in [-0.39, 0.29) is 0 Å². The van der Waals surface area contributed by atoms with Crippen LogP contribution in [0.4, 0.5) is 0 Å². The molecule has 1 unspecified atom stereocenters. The lowest BCUT2D eigenvalue weighted by molar-refractivity contribution is 0.0142. The summed E-state index contributed by atoms with van der Waals surface area (Å²) in [6.07, 6.45) is 5.27. The smallest absolute Gasteiger partial charge is 0.0471 e. The standard InChI is InChI=1S/C14H26N2O/c1-14(4-8-17-9-5-14)11-15-13-10-16-6-2-12(13)3-7-16/h12-13,15H,2-11H2,1H3. The zero-order valence-corrected chi connectivity index (χ0v) is 11.1. The van der Waals surface area contributed by atoms with Gasteiger partial charge in [0.05, 0.1) is 0 Å². The Kier molecular flexibility index (Phi) is 3.42. The highest BCUT2D eigenvalue weighted by Gasteiger charge is 2.35. The maximum absolute atomic E-state index is 5.47. The molecule has 0 aliphatic carbocycles. The van der Waals surface area contributed by atoms with Crippen molar-refractivity contribution in [3.63, 3.8) is 0 Å². The molecule has 3 nitrogen and oxygen atoms in total. The number of nitrogens with zero attached hydrogens (tertiary/aromatic N) is 1. The molecule has 4 fully saturated rings. The summed E-state index contributed by atoms with van der Waals surface area (Å²) in [6.45, 7) is 9.49. The average molecular weight is 238 g/mol. The van der Waals surface area contributed by atoms with Gasteiger partial charge in [0.1, 0.15) is 0 Å². The van der Waals surface area contributed by atoms with Crippen LogP contribution in [-0.4, -0.2) is 50.3 Å². The molecule has 98 valence electrons. The molecular formula is C14H26N2O. The molecule has 4 saturated heterocycles. The molecule has 0 spiro atoms. The van der Waals surface area contributed by atoms with Gasteiger partial charge in [-0.3, -0.25) is 0 Å². The van der Waals surface area contributed by atoms with E-state index in [9.17, 15) is 0 Å². The van der Waals surface area contributed by atoms with E-state index in [1.807, 2.05) is 0 Å². The van der Waals surface area contributed by atoms with Crippen LogP contribution in [0.25, 0.3) is 0 Å². The third kappa shape index (κ3) is 2.67. The van der Waals surface area contributed by atoms with Gasteiger partial charge >= 0.3 is 0 Å². The molecule has 4 aliphatic rings. The van der Waals surface area contributed by atoms with E-state index in [2.05, 4.69) is 17.1 Å². The van der Waals surface area contributed by atoms with E-state index in [0.29, 0.717) is 5.41 Å². The molecular weight excluding hydrogens is 212 g/mol. The van der Waals surface area contributed by atoms with E-state index in [0.717, 1.165) is 25.2 Å². The summed E-state index contributed by atoms with van der Waals surface area (Å²) in [7, 11) is 0. The zero-order valence-electron chi connectivity index (χ0n) is 11.1. The first-order chi connectivity index (χ1) is 8.25. The summed E-state index contributed by atoms with van der Waals surface area (Å²) in [5.41, 5.74) is 0.476. The lowest BCUT2D eigenvalue weighted by Crippen LogP contribution is -2.57. The highest BCUT2D eigenvalue weighted by Crippen LogP contribution is 2.31. The predicted molar refractivity (Wildman–Crippen MR) is 69.1 cm³/mol. The van der Waals surface area contributed by atoms with Crippen molar-refractivity contribution in [2.45, 2.75) is 38.6 Å². The van der Waals surface area contributed by atoms with E-state index >= 15 is 0 Å². The van der Waals surface area contributed by atoms with Crippen LogP contribution in [0.5, 0.6) is 0 Å². The first kappa shape index (κ1) is 11.9. The first-order valence-electron chi connectivity index (χ1n) is 7.29. The largest absolute Gasteiger partial charge is 0.381 e. The summed E-state index contributed by atoms with van der Waals surface area (Å²) < 4.78 is 5.47. The Hall–Kier alpha value is -0.120. The number of ether oxygens (including phenoxy) is 1. The Labute approximate surface area is 105 Å². The minimum Gasteiger partial charge on any atom is -0.381 e. The quantitative estimate of drug-likeness (QED) is 0.806. The van der Waals surface area contributed by atoms with Crippen molar-refractivity contribution < 1.29 is 4.74 Å². The highest BCUT2D eigenvalue weighted by molar-refractivity contribution is 4.92. The van der Waals surface area contributed by atoms with E-state index in [4.69, 9.17) is 4.74 Å². The van der Waals surface area contributed by atoms with Crippen LogP contribution in [-0.2, 0) is 4.74 Å². The fraction of sp³-hybridized carbons (Fsp3) is 1.00. The van der Waals surface area contributed by atoms with Crippen LogP contribution in [0.15, 0.2) is 0 Å². The fourth-order valence-electron chi connectivity index (χ4n) is 3.61. The Morgan fingerprint density at radius 1 is 1.24 bits per heavy atom. The minimum absolute atomic E-state index is 0.476. The van der Waals surface area contributed by atoms with Crippen molar-refractivity contribution in [3.8, 4) is 0 Å². The molecule has 4 rings (SSSR count). The number of hydrogen-bond acceptors (Lipinski definition) is 3. The maximum Gasteiger partial charge on any atom is 0.0471 e. The van der Waals surface area contributed by atoms with Gasteiger partial charge in [-0.05, 0) is 50.1 Å². The van der Waals surface area contributed by atoms with Crippen LogP contribution in [0.2, 0.25) is 0 Å². The topological polar surface area (TPSA) is 24.5 Å². The molecule has 1 N–H and O–H groups in total. The minimum atomic E-state index is 0.476. The molecule has 3 heteroatoms. The van der Waals surface area contributed by atoms with Gasteiger partial charge in [0, 0.05) is 32.3 Å². The maximum atomic E-state index is 5.47. The molecule has 0 amide bonds. The van der Waals surface area contributed by atoms with Gasteiger partial charge < -0.3 is 15.0 Å². The number of hydrogen-bond donors (Lipinski definition) is 1. The Bertz CT molecular complexity index is 255. The zero-order chi connectivity index (χ0) is 11.7. The second-order valence-electron chi connectivity index (χ2n) is 6.55. The molecule has 2 bridgehead atoms. The van der Waals surface area contributed by atoms with Crippen molar-refractivity contribution in [2.24, 2.45) is 11.3 Å². The van der Waals surface area contributed by atoms with Gasteiger partial charge in [0.2, 0.25) is 0 Å². The van der Waals surface area contributed by atoms with E-state index in [1.54, 1.807) is 0 Å². The number of rotatable bonds is 3. The second kappa shape index (κ2) is 4.87.